The summed E-state index contributed by atoms with van der Waals surface area (Å²) in [6.07, 6.45) is 10.9. The zero-order valence-electron chi connectivity index (χ0n) is 15.6. The Hall–Kier alpha value is -2.76. The first kappa shape index (κ1) is 17.6. The summed E-state index contributed by atoms with van der Waals surface area (Å²) in [7, 11) is 0. The molecule has 1 aliphatic heterocycles. The molecule has 1 N–H and O–H groups in total. The standard InChI is InChI=1S/C21H27N5O/c27-21(26-11-3-5-18(16-26)15-24-14-10-22-17-24)23-9-4-12-25-13-8-19-6-1-2-7-20(19)25/h1-2,6-8,10,13-14,17-18H,3-5,9,11-12,15-16H2,(H,23,27)/t18-/m1/s1. The van der Waals surface area contributed by atoms with Gasteiger partial charge in [-0.2, -0.15) is 0 Å². The maximum Gasteiger partial charge on any atom is 0.317 e. The molecule has 27 heavy (non-hydrogen) atoms. The van der Waals surface area contributed by atoms with Gasteiger partial charge < -0.3 is 19.4 Å². The third-order valence-corrected chi connectivity index (χ3v) is 5.37. The molecule has 3 aromatic rings. The number of aromatic nitrogens is 3. The van der Waals surface area contributed by atoms with Crippen LogP contribution in [0.4, 0.5) is 4.79 Å². The molecule has 1 atom stereocenters. The predicted octanol–water partition coefficient (Wildman–Crippen LogP) is 3.35. The minimum absolute atomic E-state index is 0.0719. The van der Waals surface area contributed by atoms with Crippen LogP contribution in [0.2, 0.25) is 0 Å². The monoisotopic (exact) mass is 365 g/mol. The lowest BCUT2D eigenvalue weighted by Crippen LogP contribution is -2.46. The number of hydrogen-bond acceptors (Lipinski definition) is 2. The van der Waals surface area contributed by atoms with Gasteiger partial charge in [0.25, 0.3) is 0 Å². The molecule has 0 radical (unpaired) electrons. The van der Waals surface area contributed by atoms with E-state index < -0.39 is 0 Å². The molecule has 2 aromatic heterocycles. The number of imidazole rings is 1. The molecule has 0 bridgehead atoms. The van der Waals surface area contributed by atoms with E-state index in [9.17, 15) is 4.79 Å². The zero-order chi connectivity index (χ0) is 18.5. The second-order valence-electron chi connectivity index (χ2n) is 7.37. The Morgan fingerprint density at radius 3 is 3.04 bits per heavy atom. The van der Waals surface area contributed by atoms with Crippen molar-refractivity contribution >= 4 is 16.9 Å². The topological polar surface area (TPSA) is 55.1 Å². The van der Waals surface area contributed by atoms with Crippen molar-refractivity contribution in [3.63, 3.8) is 0 Å². The number of benzene rings is 1. The number of nitrogens with one attached hydrogen (secondary N) is 1. The van der Waals surface area contributed by atoms with Gasteiger partial charge in [0.05, 0.1) is 6.33 Å². The van der Waals surface area contributed by atoms with E-state index in [1.54, 1.807) is 6.20 Å². The van der Waals surface area contributed by atoms with Crippen LogP contribution in [0.5, 0.6) is 0 Å². The van der Waals surface area contributed by atoms with Gasteiger partial charge in [0, 0.05) is 56.8 Å². The molecule has 1 fully saturated rings. The summed E-state index contributed by atoms with van der Waals surface area (Å²) in [5.41, 5.74) is 1.25. The Balaban J connectivity index is 1.22. The van der Waals surface area contributed by atoms with Gasteiger partial charge in [-0.25, -0.2) is 9.78 Å². The van der Waals surface area contributed by atoms with Crippen LogP contribution in [0.3, 0.4) is 0 Å². The largest absolute Gasteiger partial charge is 0.347 e. The van der Waals surface area contributed by atoms with Crippen LogP contribution in [0.25, 0.3) is 10.9 Å². The van der Waals surface area contributed by atoms with Crippen LogP contribution in [0.15, 0.2) is 55.2 Å². The molecule has 0 spiro atoms. The van der Waals surface area contributed by atoms with Gasteiger partial charge in [-0.15, -0.1) is 0 Å². The minimum Gasteiger partial charge on any atom is -0.347 e. The van der Waals surface area contributed by atoms with Crippen LogP contribution in [0, 0.1) is 5.92 Å². The maximum absolute atomic E-state index is 12.5. The van der Waals surface area contributed by atoms with Crippen LogP contribution in [-0.4, -0.2) is 44.7 Å². The number of carbonyl (C=O) groups is 1. The lowest BCUT2D eigenvalue weighted by Gasteiger charge is -2.33. The summed E-state index contributed by atoms with van der Waals surface area (Å²) in [5, 5.41) is 4.36. The summed E-state index contributed by atoms with van der Waals surface area (Å²) in [6, 6.07) is 10.6. The van der Waals surface area contributed by atoms with Gasteiger partial charge in [0.15, 0.2) is 0 Å². The van der Waals surface area contributed by atoms with Gasteiger partial charge >= 0.3 is 6.03 Å². The molecule has 1 aliphatic rings. The molecule has 3 heterocycles. The fraction of sp³-hybridized carbons (Fsp3) is 0.429. The molecule has 142 valence electrons. The van der Waals surface area contributed by atoms with Crippen molar-refractivity contribution in [1.29, 1.82) is 0 Å². The quantitative estimate of drug-likeness (QED) is 0.681. The molecular formula is C21H27N5O. The van der Waals surface area contributed by atoms with Crippen molar-refractivity contribution in [1.82, 2.24) is 24.3 Å². The third kappa shape index (κ3) is 4.32. The van der Waals surface area contributed by atoms with Crippen molar-refractivity contribution in [2.75, 3.05) is 19.6 Å². The number of amides is 2. The maximum atomic E-state index is 12.5. The van der Waals surface area contributed by atoms with E-state index in [2.05, 4.69) is 56.0 Å². The number of hydrogen-bond donors (Lipinski definition) is 1. The highest BCUT2D eigenvalue weighted by molar-refractivity contribution is 5.79. The minimum atomic E-state index is 0.0719. The summed E-state index contributed by atoms with van der Waals surface area (Å²) >= 11 is 0. The molecule has 1 saturated heterocycles. The first-order valence-corrected chi connectivity index (χ1v) is 9.82. The average molecular weight is 365 g/mol. The van der Waals surface area contributed by atoms with Crippen molar-refractivity contribution < 1.29 is 4.79 Å². The van der Waals surface area contributed by atoms with Gasteiger partial charge in [0.2, 0.25) is 0 Å². The van der Waals surface area contributed by atoms with E-state index in [0.717, 1.165) is 39.0 Å². The average Bonchev–Trinajstić information content (AvgIpc) is 3.35. The Bertz CT molecular complexity index is 870. The van der Waals surface area contributed by atoms with E-state index in [1.807, 2.05) is 17.4 Å². The highest BCUT2D eigenvalue weighted by atomic mass is 16.2. The molecule has 2 amide bonds. The molecule has 0 unspecified atom stereocenters. The van der Waals surface area contributed by atoms with Gasteiger partial charge in [-0.3, -0.25) is 0 Å². The van der Waals surface area contributed by atoms with Crippen molar-refractivity contribution in [3.8, 4) is 0 Å². The molecule has 1 aromatic carbocycles. The molecule has 6 heteroatoms. The van der Waals surface area contributed by atoms with Crippen LogP contribution >= 0.6 is 0 Å². The third-order valence-electron chi connectivity index (χ3n) is 5.37. The summed E-state index contributed by atoms with van der Waals surface area (Å²) < 4.78 is 4.36. The number of fused-ring (bicyclic) bond motifs is 1. The predicted molar refractivity (Wildman–Crippen MR) is 106 cm³/mol. The number of piperidine rings is 1. The number of rotatable bonds is 6. The van der Waals surface area contributed by atoms with Crippen molar-refractivity contribution in [2.24, 2.45) is 5.92 Å². The first-order chi connectivity index (χ1) is 13.3. The second kappa shape index (κ2) is 8.29. The van der Waals surface area contributed by atoms with E-state index >= 15 is 0 Å². The fourth-order valence-electron chi connectivity index (χ4n) is 3.98. The number of nitrogens with zero attached hydrogens (tertiary/aromatic N) is 4. The van der Waals surface area contributed by atoms with E-state index in [0.29, 0.717) is 12.5 Å². The smallest absolute Gasteiger partial charge is 0.317 e. The Kier molecular flexibility index (Phi) is 5.42. The number of carbonyl (C=O) groups excluding carboxylic acids is 1. The lowest BCUT2D eigenvalue weighted by atomic mass is 9.98. The molecule has 6 nitrogen and oxygen atoms in total. The van der Waals surface area contributed by atoms with E-state index in [1.165, 1.54) is 17.3 Å². The SMILES string of the molecule is O=C(NCCCn1ccc2ccccc21)N1CCC[C@H](Cn2ccnc2)C1. The van der Waals surface area contributed by atoms with Gasteiger partial charge in [-0.05, 0) is 42.7 Å². The van der Waals surface area contributed by atoms with Crippen LogP contribution < -0.4 is 5.32 Å². The number of urea groups is 1. The van der Waals surface area contributed by atoms with Gasteiger partial charge in [-0.1, -0.05) is 18.2 Å². The van der Waals surface area contributed by atoms with Crippen LogP contribution in [-0.2, 0) is 13.1 Å². The highest BCUT2D eigenvalue weighted by Gasteiger charge is 2.23. The fourth-order valence-corrected chi connectivity index (χ4v) is 3.98. The molecule has 0 aliphatic carbocycles. The Morgan fingerprint density at radius 2 is 2.15 bits per heavy atom. The van der Waals surface area contributed by atoms with E-state index in [4.69, 9.17) is 0 Å². The molecule has 0 saturated carbocycles. The normalized spacial score (nSPS) is 17.3. The molecular weight excluding hydrogens is 338 g/mol. The number of likely N-dealkylation sites (tertiary alicyclic amines) is 1. The summed E-state index contributed by atoms with van der Waals surface area (Å²) in [5.74, 6) is 0.505. The lowest BCUT2D eigenvalue weighted by molar-refractivity contribution is 0.159. The number of aryl methyl sites for hydroxylation is 1. The first-order valence-electron chi connectivity index (χ1n) is 9.82. The Labute approximate surface area is 159 Å². The van der Waals surface area contributed by atoms with Gasteiger partial charge in [0.1, 0.15) is 0 Å². The highest BCUT2D eigenvalue weighted by Crippen LogP contribution is 2.18. The van der Waals surface area contributed by atoms with Crippen molar-refractivity contribution in [2.45, 2.75) is 32.4 Å². The summed E-state index contributed by atoms with van der Waals surface area (Å²) in [4.78, 5) is 18.6. The second-order valence-corrected chi connectivity index (χ2v) is 7.37. The number of para-hydroxylation sites is 1. The van der Waals surface area contributed by atoms with Crippen molar-refractivity contribution in [3.05, 3.63) is 55.2 Å². The van der Waals surface area contributed by atoms with E-state index in [-0.39, 0.29) is 6.03 Å². The summed E-state index contributed by atoms with van der Waals surface area (Å²) in [6.45, 7) is 4.23. The molecule has 4 rings (SSSR count). The Morgan fingerprint density at radius 1 is 1.22 bits per heavy atom. The van der Waals surface area contributed by atoms with Crippen LogP contribution in [0.1, 0.15) is 19.3 Å². The zero-order valence-corrected chi connectivity index (χ0v) is 15.6.